The van der Waals surface area contributed by atoms with Crippen LogP contribution in [0.3, 0.4) is 0 Å². The van der Waals surface area contributed by atoms with Gasteiger partial charge in [0.2, 0.25) is 29.5 Å². The molecule has 6 amide bonds. The van der Waals surface area contributed by atoms with Gasteiger partial charge in [0.25, 0.3) is 0 Å². The third-order valence-corrected chi connectivity index (χ3v) is 9.05. The van der Waals surface area contributed by atoms with E-state index in [4.69, 9.17) is 26.7 Å². The van der Waals surface area contributed by atoms with Gasteiger partial charge < -0.3 is 42.6 Å². The van der Waals surface area contributed by atoms with Crippen LogP contribution in [0, 0.1) is 5.92 Å². The Hall–Kier alpha value is -2.96. The molecule has 49 heavy (non-hydrogen) atoms. The molecule has 1 aromatic carbocycles. The van der Waals surface area contributed by atoms with E-state index < -0.39 is 53.1 Å². The van der Waals surface area contributed by atoms with E-state index in [0.29, 0.717) is 31.7 Å². The normalized spacial score (nSPS) is 17.4. The van der Waals surface area contributed by atoms with Crippen LogP contribution in [0.15, 0.2) is 24.3 Å². The van der Waals surface area contributed by atoms with Gasteiger partial charge in [0.15, 0.2) is 5.78 Å². The number of Topliss-reactive ketones (excluding diaryl/α,β-unsaturated/α-hetero) is 1. The molecule has 4 atom stereocenters. The molecular formula is C31H45N7O9SY. The molecule has 1 aliphatic heterocycles. The average Bonchev–Trinajstić information content (AvgIpc) is 3.86. The number of carbonyl (C=O) groups is 7. The average molecular weight is 781 g/mol. The van der Waals surface area contributed by atoms with Gasteiger partial charge in [-0.05, 0) is 49.8 Å². The number of amides is 6. The minimum Gasteiger partial charge on any atom is -0.410 e. The van der Waals surface area contributed by atoms with Crippen LogP contribution in [0.5, 0.6) is 5.75 Å². The van der Waals surface area contributed by atoms with E-state index in [2.05, 4.69) is 16.0 Å². The smallest absolute Gasteiger partial charge is 0.410 e. The van der Waals surface area contributed by atoms with Crippen LogP contribution in [-0.2, 0) is 72.6 Å². The van der Waals surface area contributed by atoms with Crippen molar-refractivity contribution in [2.24, 2.45) is 23.1 Å². The Bertz CT molecular complexity index is 1330. The van der Waals surface area contributed by atoms with Crippen LogP contribution in [0.25, 0.3) is 0 Å². The Balaban J connectivity index is 0.00000833. The summed E-state index contributed by atoms with van der Waals surface area (Å²) in [5.41, 5.74) is 18.3. The summed E-state index contributed by atoms with van der Waals surface area (Å²) in [6.07, 6.45) is 1.85. The molecule has 16 nitrogen and oxygen atoms in total. The molecule has 1 aromatic rings. The number of benzene rings is 1. The van der Waals surface area contributed by atoms with Crippen LogP contribution >= 0.6 is 11.8 Å². The molecule has 0 aromatic heterocycles. The predicted molar refractivity (Wildman–Crippen MR) is 175 cm³/mol. The number of primary amides is 1. The molecule has 1 saturated carbocycles. The molecule has 0 bridgehead atoms. The molecule has 267 valence electrons. The molecule has 2 aliphatic rings. The molecule has 1 unspecified atom stereocenters. The molecule has 18 heteroatoms. The summed E-state index contributed by atoms with van der Waals surface area (Å²) in [6, 6.07) is 4.00. The zero-order valence-corrected chi connectivity index (χ0v) is 31.2. The number of likely N-dealkylation sites (tertiary alicyclic amines) is 1. The van der Waals surface area contributed by atoms with Gasteiger partial charge in [-0.3, -0.25) is 33.7 Å². The Morgan fingerprint density at radius 1 is 1.02 bits per heavy atom. The molecule has 0 spiro atoms. The first-order valence-corrected chi connectivity index (χ1v) is 16.8. The summed E-state index contributed by atoms with van der Waals surface area (Å²) in [4.78, 5) is 86.9. The fourth-order valence-electron chi connectivity index (χ4n) is 4.80. The second-order valence-electron chi connectivity index (χ2n) is 11.7. The number of rotatable bonds is 21. The molecule has 1 heterocycles. The number of hydrogen-bond donors (Lipinski definition) is 6. The number of nitrogens with two attached hydrogens (primary N) is 3. The maximum atomic E-state index is 12.7. The number of nitrogens with zero attached hydrogens (tertiary/aromatic N) is 1. The topological polar surface area (TPSA) is 255 Å². The van der Waals surface area contributed by atoms with Crippen molar-refractivity contribution in [1.29, 1.82) is 0 Å². The van der Waals surface area contributed by atoms with Crippen molar-refractivity contribution in [2.75, 3.05) is 39.1 Å². The zero-order valence-electron chi connectivity index (χ0n) is 27.5. The van der Waals surface area contributed by atoms with E-state index in [9.17, 15) is 33.6 Å². The third-order valence-electron chi connectivity index (χ3n) is 7.75. The molecular weight excluding hydrogens is 735 g/mol. The summed E-state index contributed by atoms with van der Waals surface area (Å²) in [6.45, 7) is 0.735. The number of nitrogens with one attached hydrogen (secondary N) is 3. The second kappa shape index (κ2) is 21.3. The number of methoxy groups -OCH3 is 1. The van der Waals surface area contributed by atoms with Crippen molar-refractivity contribution in [2.45, 2.75) is 68.3 Å². The maximum Gasteiger partial charge on any atom is 0.412 e. The quantitative estimate of drug-likeness (QED) is 0.0630. The SMILES string of the molecule is COCCNC(=O)CCN1C(=O)CC(SC[C@H](NC(=O)[C@@H](N)CCCNC(=O)Oc2ccc(C[C@H](N)C(=O)C3CC3)cc2)C(N)=O)C1=O.[Y]. The van der Waals surface area contributed by atoms with E-state index in [-0.39, 0.29) is 88.4 Å². The molecule has 1 radical (unpaired) electrons. The summed E-state index contributed by atoms with van der Waals surface area (Å²) < 4.78 is 10.1. The van der Waals surface area contributed by atoms with Gasteiger partial charge in [-0.2, -0.15) is 0 Å². The van der Waals surface area contributed by atoms with Crippen LogP contribution < -0.4 is 37.9 Å². The largest absolute Gasteiger partial charge is 0.412 e. The van der Waals surface area contributed by atoms with Gasteiger partial charge >= 0.3 is 6.09 Å². The third kappa shape index (κ3) is 14.4. The molecule has 1 saturated heterocycles. The van der Waals surface area contributed by atoms with Gasteiger partial charge in [-0.25, -0.2) is 4.79 Å². The fraction of sp³-hybridized carbons (Fsp3) is 0.581. The summed E-state index contributed by atoms with van der Waals surface area (Å²) in [5.74, 6) is -2.31. The van der Waals surface area contributed by atoms with E-state index in [1.165, 1.54) is 7.11 Å². The molecule has 1 aliphatic carbocycles. The van der Waals surface area contributed by atoms with Gasteiger partial charge in [0.1, 0.15) is 11.8 Å². The number of ketones is 1. The van der Waals surface area contributed by atoms with Gasteiger partial charge in [-0.15, -0.1) is 11.8 Å². The van der Waals surface area contributed by atoms with Crippen molar-refractivity contribution in [3.8, 4) is 5.75 Å². The van der Waals surface area contributed by atoms with E-state index in [1.807, 2.05) is 0 Å². The minimum atomic E-state index is -1.15. The molecule has 9 N–H and O–H groups in total. The number of thioether (sulfide) groups is 1. The standard InChI is InChI=1S/C31H45N7O9S.Y/c1-46-14-12-35-25(39)10-13-38-26(40)16-24(30(38)44)48-17-23(28(34)42)37-29(43)21(32)3-2-11-36-31(45)47-20-8-4-18(5-9-20)15-22(33)27(41)19-6-7-19;/h4-5,8-9,19,21-24H,2-3,6-7,10-17,32-33H2,1H3,(H2,34,42)(H,35,39)(H,36,45)(H,37,43);/t21-,22-,23-,24?;/m0./s1. The van der Waals surface area contributed by atoms with Crippen LogP contribution in [0.4, 0.5) is 4.79 Å². The van der Waals surface area contributed by atoms with Crippen molar-refractivity contribution in [1.82, 2.24) is 20.9 Å². The molecule has 3 rings (SSSR count). The minimum absolute atomic E-state index is 0. The Kier molecular flexibility index (Phi) is 18.4. The van der Waals surface area contributed by atoms with Crippen molar-refractivity contribution < 1.29 is 75.7 Å². The monoisotopic (exact) mass is 780 g/mol. The van der Waals surface area contributed by atoms with Crippen molar-refractivity contribution >= 4 is 53.2 Å². The summed E-state index contributed by atoms with van der Waals surface area (Å²) in [5, 5.41) is 6.89. The Labute approximate surface area is 314 Å². The van der Waals surface area contributed by atoms with Crippen LogP contribution in [-0.4, -0.2) is 109 Å². The Morgan fingerprint density at radius 3 is 2.35 bits per heavy atom. The number of carbonyl (C=O) groups excluding carboxylic acids is 7. The van der Waals surface area contributed by atoms with E-state index >= 15 is 0 Å². The van der Waals surface area contributed by atoms with Gasteiger partial charge in [0.05, 0.1) is 23.9 Å². The van der Waals surface area contributed by atoms with Crippen LogP contribution in [0.1, 0.15) is 44.1 Å². The first-order valence-electron chi connectivity index (χ1n) is 15.8. The number of hydrogen-bond acceptors (Lipinski definition) is 12. The predicted octanol–water partition coefficient (Wildman–Crippen LogP) is -1.29. The fourth-order valence-corrected chi connectivity index (χ4v) is 6.01. The van der Waals surface area contributed by atoms with Crippen molar-refractivity contribution in [3.05, 3.63) is 29.8 Å². The molecule has 2 fully saturated rings. The van der Waals surface area contributed by atoms with E-state index in [0.717, 1.165) is 35.1 Å². The summed E-state index contributed by atoms with van der Waals surface area (Å²) in [7, 11) is 1.50. The first kappa shape index (κ1) is 42.2. The van der Waals surface area contributed by atoms with Gasteiger partial charge in [0, 0.05) is 84.0 Å². The summed E-state index contributed by atoms with van der Waals surface area (Å²) >= 11 is 1.01. The first-order chi connectivity index (χ1) is 22.9. The van der Waals surface area contributed by atoms with Crippen molar-refractivity contribution in [3.63, 3.8) is 0 Å². The van der Waals surface area contributed by atoms with Crippen LogP contribution in [0.2, 0.25) is 0 Å². The number of ether oxygens (including phenoxy) is 2. The maximum absolute atomic E-state index is 12.7. The second-order valence-corrected chi connectivity index (χ2v) is 12.9. The Morgan fingerprint density at radius 2 is 1.71 bits per heavy atom. The zero-order chi connectivity index (χ0) is 35.2. The number of imide groups is 1. The van der Waals surface area contributed by atoms with E-state index in [1.54, 1.807) is 24.3 Å². The van der Waals surface area contributed by atoms with Gasteiger partial charge in [-0.1, -0.05) is 12.1 Å².